The number of fused-ring (bicyclic) bond motifs is 1. The number of amides is 1. The van der Waals surface area contributed by atoms with Crippen molar-refractivity contribution in [2.24, 2.45) is 0 Å². The Hall–Kier alpha value is -2.76. The number of nitrogens with zero attached hydrogens (tertiary/aromatic N) is 3. The maximum Gasteiger partial charge on any atom is 0.220 e. The highest BCUT2D eigenvalue weighted by Crippen LogP contribution is 2.23. The van der Waals surface area contributed by atoms with Crippen LogP contribution in [0.4, 0.5) is 4.39 Å². The van der Waals surface area contributed by atoms with Gasteiger partial charge in [0.1, 0.15) is 5.82 Å². The SMILES string of the molecule is Cc1nc2cc(-c3cccc(F)c3)nn2c(C)c1CCC(=O)NC1CCCC1. The third kappa shape index (κ3) is 3.77. The number of hydrogen-bond acceptors (Lipinski definition) is 3. The number of carbonyl (C=O) groups is 1. The number of rotatable bonds is 5. The van der Waals surface area contributed by atoms with Crippen molar-refractivity contribution < 1.29 is 9.18 Å². The number of nitrogens with one attached hydrogen (secondary N) is 1. The molecule has 6 heteroatoms. The summed E-state index contributed by atoms with van der Waals surface area (Å²) in [5.41, 5.74) is 5.06. The summed E-state index contributed by atoms with van der Waals surface area (Å²) in [4.78, 5) is 17.0. The zero-order valence-electron chi connectivity index (χ0n) is 16.3. The van der Waals surface area contributed by atoms with Crippen LogP contribution in [0.25, 0.3) is 16.9 Å². The lowest BCUT2D eigenvalue weighted by Gasteiger charge is -2.13. The fourth-order valence-corrected chi connectivity index (χ4v) is 4.09. The second-order valence-corrected chi connectivity index (χ2v) is 7.62. The van der Waals surface area contributed by atoms with Gasteiger partial charge in [0.15, 0.2) is 5.65 Å². The molecular formula is C22H25FN4O. The molecule has 1 saturated carbocycles. The van der Waals surface area contributed by atoms with Crippen molar-refractivity contribution in [3.8, 4) is 11.3 Å². The number of carbonyl (C=O) groups excluding carboxylic acids is 1. The number of halogens is 1. The molecule has 0 spiro atoms. The van der Waals surface area contributed by atoms with Crippen LogP contribution in [0.1, 0.15) is 49.1 Å². The monoisotopic (exact) mass is 380 g/mol. The molecule has 4 rings (SSSR count). The van der Waals surface area contributed by atoms with Gasteiger partial charge in [0.2, 0.25) is 5.91 Å². The van der Waals surface area contributed by atoms with Gasteiger partial charge >= 0.3 is 0 Å². The van der Waals surface area contributed by atoms with Gasteiger partial charge in [-0.05, 0) is 50.8 Å². The van der Waals surface area contributed by atoms with Crippen molar-refractivity contribution in [1.82, 2.24) is 19.9 Å². The lowest BCUT2D eigenvalue weighted by molar-refractivity contribution is -0.121. The standard InChI is InChI=1S/C22H25FN4O/c1-14-19(10-11-22(28)25-18-8-3-4-9-18)15(2)27-21(24-14)13-20(26-27)16-6-5-7-17(23)12-16/h5-7,12-13,18H,3-4,8-11H2,1-2H3,(H,25,28). The second-order valence-electron chi connectivity index (χ2n) is 7.62. The molecule has 2 aromatic heterocycles. The highest BCUT2D eigenvalue weighted by atomic mass is 19.1. The van der Waals surface area contributed by atoms with Gasteiger partial charge in [0, 0.05) is 35.5 Å². The van der Waals surface area contributed by atoms with E-state index in [0.717, 1.165) is 41.0 Å². The van der Waals surface area contributed by atoms with Crippen molar-refractivity contribution in [2.75, 3.05) is 0 Å². The number of aromatic nitrogens is 3. The van der Waals surface area contributed by atoms with E-state index < -0.39 is 0 Å². The summed E-state index contributed by atoms with van der Waals surface area (Å²) in [6.07, 6.45) is 5.67. The molecule has 5 nitrogen and oxygen atoms in total. The molecule has 1 aliphatic rings. The largest absolute Gasteiger partial charge is 0.353 e. The van der Waals surface area contributed by atoms with Gasteiger partial charge in [0.05, 0.1) is 5.69 Å². The molecule has 1 amide bonds. The molecular weight excluding hydrogens is 355 g/mol. The molecule has 0 radical (unpaired) electrons. The average molecular weight is 380 g/mol. The molecule has 1 aromatic carbocycles. The van der Waals surface area contributed by atoms with Gasteiger partial charge in [-0.1, -0.05) is 25.0 Å². The summed E-state index contributed by atoms with van der Waals surface area (Å²) in [6.45, 7) is 3.96. The van der Waals surface area contributed by atoms with Gasteiger partial charge in [-0.3, -0.25) is 4.79 Å². The van der Waals surface area contributed by atoms with Gasteiger partial charge in [-0.25, -0.2) is 13.9 Å². The Bertz CT molecular complexity index is 1020. The smallest absolute Gasteiger partial charge is 0.220 e. The molecule has 1 aliphatic carbocycles. The van der Waals surface area contributed by atoms with Gasteiger partial charge in [-0.15, -0.1) is 0 Å². The Morgan fingerprint density at radius 2 is 2.04 bits per heavy atom. The van der Waals surface area contributed by atoms with Crippen molar-refractivity contribution in [1.29, 1.82) is 0 Å². The third-order valence-electron chi connectivity index (χ3n) is 5.61. The molecule has 0 saturated heterocycles. The van der Waals surface area contributed by atoms with E-state index in [9.17, 15) is 9.18 Å². The first kappa shape index (κ1) is 18.6. The highest BCUT2D eigenvalue weighted by molar-refractivity contribution is 5.76. The van der Waals surface area contributed by atoms with Crippen LogP contribution >= 0.6 is 0 Å². The van der Waals surface area contributed by atoms with E-state index in [1.54, 1.807) is 10.6 Å². The Kier molecular flexibility index (Phi) is 5.11. The first-order valence-corrected chi connectivity index (χ1v) is 9.92. The van der Waals surface area contributed by atoms with E-state index in [1.807, 2.05) is 26.0 Å². The molecule has 1 N–H and O–H groups in total. The maximum atomic E-state index is 13.5. The summed E-state index contributed by atoms with van der Waals surface area (Å²) in [5.74, 6) is -0.184. The normalized spacial score (nSPS) is 14.7. The quantitative estimate of drug-likeness (QED) is 0.724. The zero-order chi connectivity index (χ0) is 19.7. The molecule has 1 fully saturated rings. The van der Waals surface area contributed by atoms with Crippen LogP contribution in [-0.4, -0.2) is 26.5 Å². The summed E-state index contributed by atoms with van der Waals surface area (Å²) >= 11 is 0. The molecule has 28 heavy (non-hydrogen) atoms. The number of hydrogen-bond donors (Lipinski definition) is 1. The van der Waals surface area contributed by atoms with E-state index >= 15 is 0 Å². The van der Waals surface area contributed by atoms with E-state index in [-0.39, 0.29) is 11.7 Å². The summed E-state index contributed by atoms with van der Waals surface area (Å²) < 4.78 is 15.3. The highest BCUT2D eigenvalue weighted by Gasteiger charge is 2.18. The molecule has 0 aliphatic heterocycles. The van der Waals surface area contributed by atoms with Crippen LogP contribution in [0.3, 0.4) is 0 Å². The van der Waals surface area contributed by atoms with Crippen LogP contribution < -0.4 is 5.32 Å². The van der Waals surface area contributed by atoms with Crippen molar-refractivity contribution in [3.63, 3.8) is 0 Å². The Morgan fingerprint density at radius 1 is 1.25 bits per heavy atom. The fraction of sp³-hybridized carbons (Fsp3) is 0.409. The minimum Gasteiger partial charge on any atom is -0.353 e. The fourth-order valence-electron chi connectivity index (χ4n) is 4.09. The second kappa shape index (κ2) is 7.70. The van der Waals surface area contributed by atoms with Crippen LogP contribution in [0.2, 0.25) is 0 Å². The summed E-state index contributed by atoms with van der Waals surface area (Å²) in [5, 5.41) is 7.76. The molecule has 0 atom stereocenters. The Labute approximate surface area is 164 Å². The molecule has 3 aromatic rings. The van der Waals surface area contributed by atoms with Crippen molar-refractivity contribution in [2.45, 2.75) is 58.4 Å². The zero-order valence-corrected chi connectivity index (χ0v) is 16.3. The molecule has 0 bridgehead atoms. The number of aryl methyl sites for hydroxylation is 2. The van der Waals surface area contributed by atoms with Crippen LogP contribution in [-0.2, 0) is 11.2 Å². The topological polar surface area (TPSA) is 59.3 Å². The van der Waals surface area contributed by atoms with Crippen LogP contribution in [0.5, 0.6) is 0 Å². The minimum atomic E-state index is -0.288. The average Bonchev–Trinajstić information content (AvgIpc) is 3.31. The summed E-state index contributed by atoms with van der Waals surface area (Å²) in [6, 6.07) is 8.61. The number of benzene rings is 1. The van der Waals surface area contributed by atoms with Gasteiger partial charge in [0.25, 0.3) is 0 Å². The first-order valence-electron chi connectivity index (χ1n) is 9.92. The summed E-state index contributed by atoms with van der Waals surface area (Å²) in [7, 11) is 0. The minimum absolute atomic E-state index is 0.103. The van der Waals surface area contributed by atoms with Gasteiger partial charge < -0.3 is 5.32 Å². The predicted octanol–water partition coefficient (Wildman–Crippen LogP) is 4.14. The Balaban J connectivity index is 1.56. The predicted molar refractivity (Wildman–Crippen MR) is 107 cm³/mol. The molecule has 2 heterocycles. The molecule has 0 unspecified atom stereocenters. The lowest BCUT2D eigenvalue weighted by Crippen LogP contribution is -2.32. The van der Waals surface area contributed by atoms with Crippen molar-refractivity contribution >= 4 is 11.6 Å². The van der Waals surface area contributed by atoms with E-state index in [0.29, 0.717) is 24.6 Å². The van der Waals surface area contributed by atoms with E-state index in [4.69, 9.17) is 0 Å². The van der Waals surface area contributed by atoms with Crippen LogP contribution in [0.15, 0.2) is 30.3 Å². The van der Waals surface area contributed by atoms with E-state index in [1.165, 1.54) is 25.0 Å². The Morgan fingerprint density at radius 3 is 2.79 bits per heavy atom. The van der Waals surface area contributed by atoms with Gasteiger partial charge in [-0.2, -0.15) is 5.10 Å². The maximum absolute atomic E-state index is 13.5. The van der Waals surface area contributed by atoms with E-state index in [2.05, 4.69) is 15.4 Å². The first-order chi connectivity index (χ1) is 13.5. The molecule has 146 valence electrons. The van der Waals surface area contributed by atoms with Crippen LogP contribution in [0, 0.1) is 19.7 Å². The lowest BCUT2D eigenvalue weighted by atomic mass is 10.1. The third-order valence-corrected chi connectivity index (χ3v) is 5.61. The van der Waals surface area contributed by atoms with Crippen molar-refractivity contribution in [3.05, 3.63) is 53.1 Å².